The fourth-order valence-electron chi connectivity index (χ4n) is 4.86. The zero-order chi connectivity index (χ0) is 28.7. The van der Waals surface area contributed by atoms with Gasteiger partial charge in [0.15, 0.2) is 5.16 Å². The SMILES string of the molecule is CC1CN(c2cc(Cl)nc(SCC(=O)NC(Cc3ccccc3)c3ccccc3)n2)CCN1C(=O)CC(C)(C)C. The van der Waals surface area contributed by atoms with Crippen molar-refractivity contribution in [2.75, 3.05) is 30.3 Å². The van der Waals surface area contributed by atoms with Gasteiger partial charge in [-0.2, -0.15) is 0 Å². The van der Waals surface area contributed by atoms with Crippen LogP contribution in [0.25, 0.3) is 0 Å². The van der Waals surface area contributed by atoms with E-state index in [-0.39, 0.29) is 35.1 Å². The Balaban J connectivity index is 1.37. The number of nitrogens with zero attached hydrogens (tertiary/aromatic N) is 4. The highest BCUT2D eigenvalue weighted by Gasteiger charge is 2.30. The van der Waals surface area contributed by atoms with Crippen LogP contribution in [-0.2, 0) is 16.0 Å². The summed E-state index contributed by atoms with van der Waals surface area (Å²) in [6, 6.07) is 21.8. The Kier molecular flexibility index (Phi) is 10.1. The minimum absolute atomic E-state index is 0.0464. The highest BCUT2D eigenvalue weighted by atomic mass is 35.5. The van der Waals surface area contributed by atoms with Crippen LogP contribution < -0.4 is 10.2 Å². The van der Waals surface area contributed by atoms with Crippen molar-refractivity contribution < 1.29 is 9.59 Å². The molecule has 1 saturated heterocycles. The zero-order valence-electron chi connectivity index (χ0n) is 23.6. The standard InChI is InChI=1S/C31H38ClN5O2S/c1-22-20-36(15-16-37(22)29(39)19-31(2,3)4)27-18-26(32)34-30(35-27)40-21-28(38)33-25(24-13-9-6-10-14-24)17-23-11-7-5-8-12-23/h5-14,18,22,25H,15-17,19-21H2,1-4H3,(H,33,38). The molecule has 0 spiro atoms. The molecule has 1 fully saturated rings. The number of thioether (sulfide) groups is 1. The van der Waals surface area contributed by atoms with Gasteiger partial charge in [0.1, 0.15) is 11.0 Å². The van der Waals surface area contributed by atoms with Crippen LogP contribution >= 0.6 is 23.4 Å². The maximum Gasteiger partial charge on any atom is 0.230 e. The molecule has 40 heavy (non-hydrogen) atoms. The van der Waals surface area contributed by atoms with Crippen LogP contribution in [0.4, 0.5) is 5.82 Å². The van der Waals surface area contributed by atoms with Crippen molar-refractivity contribution in [2.45, 2.75) is 57.8 Å². The number of nitrogens with one attached hydrogen (secondary N) is 1. The number of piperazine rings is 1. The molecule has 212 valence electrons. The van der Waals surface area contributed by atoms with E-state index in [9.17, 15) is 9.59 Å². The molecule has 0 aliphatic carbocycles. The van der Waals surface area contributed by atoms with Crippen molar-refractivity contribution in [3.63, 3.8) is 0 Å². The molecule has 2 amide bonds. The number of anilines is 1. The van der Waals surface area contributed by atoms with Gasteiger partial charge in [-0.25, -0.2) is 9.97 Å². The summed E-state index contributed by atoms with van der Waals surface area (Å²) in [6.45, 7) is 10.3. The van der Waals surface area contributed by atoms with Crippen molar-refractivity contribution in [3.05, 3.63) is 83.0 Å². The number of hydrogen-bond acceptors (Lipinski definition) is 6. The first-order valence-corrected chi connectivity index (χ1v) is 15.0. The Bertz CT molecular complexity index is 1290. The van der Waals surface area contributed by atoms with Crippen molar-refractivity contribution >= 4 is 41.0 Å². The largest absolute Gasteiger partial charge is 0.353 e. The molecule has 1 aliphatic rings. The minimum atomic E-state index is -0.147. The second-order valence-electron chi connectivity index (χ2n) is 11.5. The highest BCUT2D eigenvalue weighted by Crippen LogP contribution is 2.26. The van der Waals surface area contributed by atoms with Gasteiger partial charge in [-0.05, 0) is 29.9 Å². The van der Waals surface area contributed by atoms with Crippen molar-refractivity contribution in [1.29, 1.82) is 0 Å². The first-order valence-electron chi connectivity index (χ1n) is 13.7. The number of amides is 2. The van der Waals surface area contributed by atoms with Crippen molar-refractivity contribution in [1.82, 2.24) is 20.2 Å². The third kappa shape index (κ3) is 8.70. The van der Waals surface area contributed by atoms with Crippen molar-refractivity contribution in [2.24, 2.45) is 5.41 Å². The van der Waals surface area contributed by atoms with E-state index in [1.54, 1.807) is 6.07 Å². The molecular formula is C31H38ClN5O2S. The lowest BCUT2D eigenvalue weighted by molar-refractivity contribution is -0.135. The van der Waals surface area contributed by atoms with Gasteiger partial charge < -0.3 is 15.1 Å². The Morgan fingerprint density at radius 1 is 1.05 bits per heavy atom. The van der Waals surface area contributed by atoms with E-state index in [0.717, 1.165) is 11.1 Å². The summed E-state index contributed by atoms with van der Waals surface area (Å²) in [6.07, 6.45) is 1.22. The summed E-state index contributed by atoms with van der Waals surface area (Å²) in [4.78, 5) is 39.0. The summed E-state index contributed by atoms with van der Waals surface area (Å²) in [5, 5.41) is 3.97. The summed E-state index contributed by atoms with van der Waals surface area (Å²) >= 11 is 7.64. The number of halogens is 1. The van der Waals surface area contributed by atoms with Gasteiger partial charge in [0, 0.05) is 38.2 Å². The number of carbonyl (C=O) groups is 2. The van der Waals surface area contributed by atoms with E-state index in [2.05, 4.69) is 55.0 Å². The fourth-order valence-corrected chi connectivity index (χ4v) is 5.75. The molecule has 4 rings (SSSR count). The van der Waals surface area contributed by atoms with Crippen LogP contribution in [0.2, 0.25) is 5.15 Å². The first kappa shape index (κ1) is 29.9. The molecular weight excluding hydrogens is 542 g/mol. The lowest BCUT2D eigenvalue weighted by Gasteiger charge is -2.41. The van der Waals surface area contributed by atoms with Gasteiger partial charge in [-0.15, -0.1) is 0 Å². The van der Waals surface area contributed by atoms with Gasteiger partial charge in [0.25, 0.3) is 0 Å². The monoisotopic (exact) mass is 579 g/mol. The van der Waals surface area contributed by atoms with E-state index in [4.69, 9.17) is 16.6 Å². The summed E-state index contributed by atoms with van der Waals surface area (Å²) < 4.78 is 0. The second-order valence-corrected chi connectivity index (χ2v) is 12.8. The maximum absolute atomic E-state index is 13.0. The third-order valence-corrected chi connectivity index (χ3v) is 7.81. The topological polar surface area (TPSA) is 78.4 Å². The average molecular weight is 580 g/mol. The predicted octanol–water partition coefficient (Wildman–Crippen LogP) is 5.80. The molecule has 0 radical (unpaired) electrons. The molecule has 2 atom stereocenters. The molecule has 0 bridgehead atoms. The van der Waals surface area contributed by atoms with Crippen LogP contribution in [0.3, 0.4) is 0 Å². The molecule has 3 aromatic rings. The third-order valence-electron chi connectivity index (χ3n) is 6.77. The average Bonchev–Trinajstić information content (AvgIpc) is 2.91. The number of hydrogen-bond donors (Lipinski definition) is 1. The van der Waals surface area contributed by atoms with Crippen LogP contribution in [0.1, 0.15) is 51.3 Å². The van der Waals surface area contributed by atoms with E-state index >= 15 is 0 Å². The van der Waals surface area contributed by atoms with Crippen LogP contribution in [0, 0.1) is 5.41 Å². The van der Waals surface area contributed by atoms with Gasteiger partial charge in [-0.1, -0.05) is 105 Å². The van der Waals surface area contributed by atoms with Gasteiger partial charge in [0.2, 0.25) is 11.8 Å². The molecule has 7 nitrogen and oxygen atoms in total. The Labute approximate surface area is 246 Å². The Morgan fingerprint density at radius 3 is 2.38 bits per heavy atom. The summed E-state index contributed by atoms with van der Waals surface area (Å²) in [7, 11) is 0. The lowest BCUT2D eigenvalue weighted by atomic mass is 9.91. The van der Waals surface area contributed by atoms with Gasteiger partial charge >= 0.3 is 0 Å². The highest BCUT2D eigenvalue weighted by molar-refractivity contribution is 7.99. The van der Waals surface area contributed by atoms with E-state index < -0.39 is 0 Å². The Hall–Kier alpha value is -3.10. The molecule has 0 saturated carbocycles. The smallest absolute Gasteiger partial charge is 0.230 e. The normalized spacial score (nSPS) is 16.5. The molecule has 2 unspecified atom stereocenters. The molecule has 1 aliphatic heterocycles. The predicted molar refractivity (Wildman–Crippen MR) is 163 cm³/mol. The number of rotatable bonds is 9. The summed E-state index contributed by atoms with van der Waals surface area (Å²) in [5.41, 5.74) is 2.16. The Morgan fingerprint density at radius 2 is 1.73 bits per heavy atom. The molecule has 1 N–H and O–H groups in total. The van der Waals surface area contributed by atoms with Crippen LogP contribution in [-0.4, -0.2) is 58.1 Å². The van der Waals surface area contributed by atoms with Crippen molar-refractivity contribution in [3.8, 4) is 0 Å². The molecule has 1 aromatic heterocycles. The second kappa shape index (κ2) is 13.5. The summed E-state index contributed by atoms with van der Waals surface area (Å²) in [5.74, 6) is 0.968. The molecule has 2 aromatic carbocycles. The van der Waals surface area contributed by atoms with E-state index in [1.807, 2.05) is 53.4 Å². The minimum Gasteiger partial charge on any atom is -0.353 e. The molecule has 9 heteroatoms. The van der Waals surface area contributed by atoms with Crippen LogP contribution in [0.5, 0.6) is 0 Å². The van der Waals surface area contributed by atoms with E-state index in [1.165, 1.54) is 11.8 Å². The number of aromatic nitrogens is 2. The fraction of sp³-hybridized carbons (Fsp3) is 0.419. The first-order chi connectivity index (χ1) is 19.1. The molecule has 2 heterocycles. The zero-order valence-corrected chi connectivity index (χ0v) is 25.2. The maximum atomic E-state index is 13.0. The lowest BCUT2D eigenvalue weighted by Crippen LogP contribution is -2.54. The van der Waals surface area contributed by atoms with Crippen LogP contribution in [0.15, 0.2) is 71.9 Å². The number of carbonyl (C=O) groups excluding carboxylic acids is 2. The number of benzene rings is 2. The van der Waals surface area contributed by atoms with Gasteiger partial charge in [0.05, 0.1) is 11.8 Å². The van der Waals surface area contributed by atoms with E-state index in [0.29, 0.717) is 48.6 Å². The quantitative estimate of drug-likeness (QED) is 0.196. The van der Waals surface area contributed by atoms with Gasteiger partial charge in [-0.3, -0.25) is 9.59 Å².